The minimum absolute atomic E-state index is 0.0400. The molecule has 1 aliphatic rings. The van der Waals surface area contributed by atoms with Crippen LogP contribution in [0.2, 0.25) is 0 Å². The fourth-order valence-electron chi connectivity index (χ4n) is 4.87. The van der Waals surface area contributed by atoms with Crippen LogP contribution in [0.3, 0.4) is 0 Å². The van der Waals surface area contributed by atoms with Gasteiger partial charge in [0.05, 0.1) is 41.2 Å². The van der Waals surface area contributed by atoms with Gasteiger partial charge in [-0.25, -0.2) is 9.79 Å². The van der Waals surface area contributed by atoms with Crippen molar-refractivity contribution < 1.29 is 19.0 Å². The van der Waals surface area contributed by atoms with E-state index in [-0.39, 0.29) is 17.8 Å². The molecule has 1 atom stereocenters. The Balaban J connectivity index is 1.76. The van der Waals surface area contributed by atoms with Crippen molar-refractivity contribution >= 4 is 34.2 Å². The summed E-state index contributed by atoms with van der Waals surface area (Å²) in [7, 11) is 1.60. The number of rotatable bonds is 7. The van der Waals surface area contributed by atoms with Crippen LogP contribution in [0.25, 0.3) is 16.8 Å². The summed E-state index contributed by atoms with van der Waals surface area (Å²) in [6.45, 7) is 9.33. The second-order valence-electron chi connectivity index (χ2n) is 10.2. The molecule has 3 aromatic carbocycles. The number of carbonyl (C=O) groups is 1. The van der Waals surface area contributed by atoms with Gasteiger partial charge in [0, 0.05) is 5.56 Å². The minimum atomic E-state index is -0.700. The number of allylic oxidation sites excluding steroid dienone is 1. The Kier molecular flexibility index (Phi) is 7.63. The maximum absolute atomic E-state index is 14.1. The number of hydrogen-bond donors (Lipinski definition) is 0. The molecule has 0 saturated heterocycles. The molecule has 2 heterocycles. The highest BCUT2D eigenvalue weighted by Crippen LogP contribution is 2.33. The summed E-state index contributed by atoms with van der Waals surface area (Å²) in [6, 6.07) is 18.6. The van der Waals surface area contributed by atoms with Crippen LogP contribution < -0.4 is 24.4 Å². The van der Waals surface area contributed by atoms with E-state index in [9.17, 15) is 9.59 Å². The molecule has 40 heavy (non-hydrogen) atoms. The number of nitrogens with zero attached hydrogens (tertiary/aromatic N) is 2. The molecule has 0 N–H and O–H groups in total. The van der Waals surface area contributed by atoms with Crippen LogP contribution in [0.15, 0.2) is 81.7 Å². The summed E-state index contributed by atoms with van der Waals surface area (Å²) in [5, 5.41) is 2.03. The lowest BCUT2D eigenvalue weighted by Gasteiger charge is -2.25. The number of fused-ring (bicyclic) bond motifs is 2. The number of methoxy groups -OCH3 is 1. The van der Waals surface area contributed by atoms with E-state index < -0.39 is 12.0 Å². The smallest absolute Gasteiger partial charge is 0.338 e. The van der Waals surface area contributed by atoms with Crippen molar-refractivity contribution in [1.82, 2.24) is 4.57 Å². The summed E-state index contributed by atoms with van der Waals surface area (Å²) in [5.41, 5.74) is 2.20. The molecule has 8 heteroatoms. The lowest BCUT2D eigenvalue weighted by Crippen LogP contribution is -2.40. The van der Waals surface area contributed by atoms with Crippen molar-refractivity contribution in [1.29, 1.82) is 0 Å². The lowest BCUT2D eigenvalue weighted by molar-refractivity contribution is -0.143. The Morgan fingerprint density at radius 1 is 1.00 bits per heavy atom. The zero-order valence-corrected chi connectivity index (χ0v) is 24.2. The summed E-state index contributed by atoms with van der Waals surface area (Å²) >= 11 is 1.29. The zero-order chi connectivity index (χ0) is 28.6. The standard InChI is InChI=1S/C32H32N2O5S/c1-18(2)38-26-16-13-21-9-7-8-10-24(21)25(26)17-27-30(35)34-29(22-11-14-23(37-6)15-12-22)28(31(36)39-19(3)4)20(5)33-32(34)40-27/h7-19,29H,1-6H3/b27-17-/t29-/m1/s1. The zero-order valence-electron chi connectivity index (χ0n) is 23.4. The number of esters is 1. The first-order chi connectivity index (χ1) is 19.2. The Bertz CT molecular complexity index is 1800. The van der Waals surface area contributed by atoms with Gasteiger partial charge in [0.2, 0.25) is 0 Å². The molecule has 0 saturated carbocycles. The molecule has 5 rings (SSSR count). The van der Waals surface area contributed by atoms with E-state index in [4.69, 9.17) is 19.2 Å². The number of thiazole rings is 1. The first kappa shape index (κ1) is 27.4. The SMILES string of the molecule is COc1ccc([C@@H]2C(C(=O)OC(C)C)=C(C)N=c3s/c(=C\c4c(OC(C)C)ccc5ccccc45)c(=O)n32)cc1. The molecular weight excluding hydrogens is 524 g/mol. The van der Waals surface area contributed by atoms with E-state index in [0.717, 1.165) is 21.9 Å². The van der Waals surface area contributed by atoms with Crippen molar-refractivity contribution in [3.05, 3.63) is 103 Å². The van der Waals surface area contributed by atoms with Gasteiger partial charge in [-0.15, -0.1) is 0 Å². The van der Waals surface area contributed by atoms with Crippen LogP contribution in [0.5, 0.6) is 11.5 Å². The summed E-state index contributed by atoms with van der Waals surface area (Å²) in [4.78, 5) is 32.7. The van der Waals surface area contributed by atoms with Gasteiger partial charge in [0.1, 0.15) is 11.5 Å². The first-order valence-electron chi connectivity index (χ1n) is 13.2. The molecule has 0 aliphatic carbocycles. The lowest BCUT2D eigenvalue weighted by atomic mass is 9.96. The second kappa shape index (κ2) is 11.1. The summed E-state index contributed by atoms with van der Waals surface area (Å²) < 4.78 is 19.2. The molecule has 0 spiro atoms. The molecule has 0 bridgehead atoms. The first-order valence-corrected chi connectivity index (χ1v) is 14.1. The third-order valence-electron chi connectivity index (χ3n) is 6.58. The molecular formula is C32H32N2O5S. The van der Waals surface area contributed by atoms with Crippen LogP contribution in [0, 0.1) is 0 Å². The molecule has 1 aliphatic heterocycles. The second-order valence-corrected chi connectivity index (χ2v) is 11.2. The number of ether oxygens (including phenoxy) is 3. The maximum Gasteiger partial charge on any atom is 0.338 e. The van der Waals surface area contributed by atoms with Gasteiger partial charge in [-0.1, -0.05) is 53.8 Å². The summed E-state index contributed by atoms with van der Waals surface area (Å²) in [5.74, 6) is 0.883. The Hall–Kier alpha value is -4.17. The van der Waals surface area contributed by atoms with E-state index in [1.807, 2.05) is 80.6 Å². The maximum atomic E-state index is 14.1. The average molecular weight is 557 g/mol. The fraction of sp³-hybridized carbons (Fsp3) is 0.281. The predicted molar refractivity (Wildman–Crippen MR) is 158 cm³/mol. The van der Waals surface area contributed by atoms with Crippen molar-refractivity contribution in [2.75, 3.05) is 7.11 Å². The molecule has 0 unspecified atom stereocenters. The Morgan fingerprint density at radius 3 is 2.40 bits per heavy atom. The van der Waals surface area contributed by atoms with Crippen molar-refractivity contribution in [3.63, 3.8) is 0 Å². The van der Waals surface area contributed by atoms with Crippen molar-refractivity contribution in [2.24, 2.45) is 4.99 Å². The fourth-order valence-corrected chi connectivity index (χ4v) is 5.90. The van der Waals surface area contributed by atoms with Gasteiger partial charge >= 0.3 is 5.97 Å². The molecule has 0 radical (unpaired) electrons. The average Bonchev–Trinajstić information content (AvgIpc) is 3.22. The third-order valence-corrected chi connectivity index (χ3v) is 7.57. The highest BCUT2D eigenvalue weighted by atomic mass is 32.1. The highest BCUT2D eigenvalue weighted by Gasteiger charge is 2.34. The van der Waals surface area contributed by atoms with Gasteiger partial charge in [0.15, 0.2) is 4.80 Å². The van der Waals surface area contributed by atoms with Crippen LogP contribution in [0.1, 0.15) is 51.8 Å². The topological polar surface area (TPSA) is 79.1 Å². The number of hydrogen-bond acceptors (Lipinski definition) is 7. The number of aromatic nitrogens is 1. The van der Waals surface area contributed by atoms with Crippen LogP contribution in [0.4, 0.5) is 0 Å². The van der Waals surface area contributed by atoms with Crippen molar-refractivity contribution in [3.8, 4) is 11.5 Å². The largest absolute Gasteiger partial charge is 0.497 e. The van der Waals surface area contributed by atoms with Crippen LogP contribution in [-0.4, -0.2) is 29.9 Å². The minimum Gasteiger partial charge on any atom is -0.497 e. The van der Waals surface area contributed by atoms with E-state index in [1.165, 1.54) is 11.3 Å². The molecule has 4 aromatic rings. The number of carbonyl (C=O) groups excluding carboxylic acids is 1. The van der Waals surface area contributed by atoms with Crippen LogP contribution in [-0.2, 0) is 9.53 Å². The number of benzene rings is 3. The van der Waals surface area contributed by atoms with Gasteiger partial charge in [-0.05, 0) is 75.2 Å². The third kappa shape index (κ3) is 5.19. The molecule has 206 valence electrons. The van der Waals surface area contributed by atoms with Gasteiger partial charge in [-0.3, -0.25) is 9.36 Å². The normalized spacial score (nSPS) is 15.4. The van der Waals surface area contributed by atoms with Gasteiger partial charge < -0.3 is 14.2 Å². The molecule has 1 aromatic heterocycles. The Labute approximate surface area is 236 Å². The Morgan fingerprint density at radius 2 is 1.73 bits per heavy atom. The molecule has 0 amide bonds. The molecule has 7 nitrogen and oxygen atoms in total. The van der Waals surface area contributed by atoms with E-state index in [0.29, 0.717) is 32.1 Å². The quantitative estimate of drug-likeness (QED) is 0.295. The summed E-state index contributed by atoms with van der Waals surface area (Å²) in [6.07, 6.45) is 1.52. The highest BCUT2D eigenvalue weighted by molar-refractivity contribution is 7.07. The van der Waals surface area contributed by atoms with Crippen molar-refractivity contribution in [2.45, 2.75) is 52.9 Å². The van der Waals surface area contributed by atoms with Crippen LogP contribution >= 0.6 is 11.3 Å². The van der Waals surface area contributed by atoms with E-state index in [2.05, 4.69) is 0 Å². The predicted octanol–water partition coefficient (Wildman–Crippen LogP) is 5.14. The van der Waals surface area contributed by atoms with E-state index in [1.54, 1.807) is 32.4 Å². The van der Waals surface area contributed by atoms with E-state index >= 15 is 0 Å². The van der Waals surface area contributed by atoms with Gasteiger partial charge in [0.25, 0.3) is 5.56 Å². The monoisotopic (exact) mass is 556 g/mol. The van der Waals surface area contributed by atoms with Gasteiger partial charge in [-0.2, -0.15) is 0 Å². The molecule has 0 fully saturated rings.